The van der Waals surface area contributed by atoms with E-state index in [1.54, 1.807) is 31.3 Å². The average Bonchev–Trinajstić information content (AvgIpc) is 2.42. The van der Waals surface area contributed by atoms with Gasteiger partial charge in [0, 0.05) is 16.5 Å². The van der Waals surface area contributed by atoms with Crippen molar-refractivity contribution in [3.8, 4) is 0 Å². The Balaban J connectivity index is -0.000000130. The summed E-state index contributed by atoms with van der Waals surface area (Å²) in [4.78, 5) is 0. The van der Waals surface area contributed by atoms with E-state index in [2.05, 4.69) is 68.5 Å². The maximum atomic E-state index is 2.45. The SMILES string of the molecule is C[As](C)CC[As](C)C.C[As](C)CC[As](C)C.C[As](C)CC[As](C)C.[Ni]. The summed E-state index contributed by atoms with van der Waals surface area (Å²) < 4.78 is 0. The Bertz CT molecular complexity index is 172. The van der Waals surface area contributed by atoms with E-state index in [9.17, 15) is 0 Å². The average molecular weight is 773 g/mol. The van der Waals surface area contributed by atoms with Gasteiger partial charge in [0.05, 0.1) is 0 Å². The summed E-state index contributed by atoms with van der Waals surface area (Å²) in [6, 6.07) is 0. The minimum absolute atomic E-state index is 0. The van der Waals surface area contributed by atoms with E-state index < -0.39 is 0 Å². The van der Waals surface area contributed by atoms with Crippen LogP contribution in [0.5, 0.6) is 0 Å². The van der Waals surface area contributed by atoms with Gasteiger partial charge in [0.2, 0.25) is 0 Å². The molecule has 0 amide bonds. The molecule has 0 aromatic carbocycles. The summed E-state index contributed by atoms with van der Waals surface area (Å²) in [6.45, 7) is 0. The predicted octanol–water partition coefficient (Wildman–Crippen LogP) is 7.48. The Hall–Kier alpha value is 3.84. The van der Waals surface area contributed by atoms with Crippen LogP contribution in [0.15, 0.2) is 0 Å². The Morgan fingerprint density at radius 2 is 0.360 bits per heavy atom. The van der Waals surface area contributed by atoms with Gasteiger partial charge in [-0.25, -0.2) is 0 Å². The molecule has 0 fully saturated rings. The zero-order valence-electron chi connectivity index (χ0n) is 19.2. The minimum atomic E-state index is -0.246. The first-order valence-electron chi connectivity index (χ1n) is 8.76. The quantitative estimate of drug-likeness (QED) is 0.214. The molecule has 0 aliphatic carbocycles. The van der Waals surface area contributed by atoms with Crippen LogP contribution < -0.4 is 0 Å². The fourth-order valence-electron chi connectivity index (χ4n) is 1.20. The molecule has 0 spiro atoms. The molecule has 0 bridgehead atoms. The van der Waals surface area contributed by atoms with Crippen LogP contribution in [-0.2, 0) is 16.5 Å². The molecule has 0 aromatic heterocycles. The van der Waals surface area contributed by atoms with Crippen molar-refractivity contribution in [1.82, 2.24) is 0 Å². The first kappa shape index (κ1) is 36.2. The van der Waals surface area contributed by atoms with Crippen molar-refractivity contribution in [2.24, 2.45) is 0 Å². The van der Waals surface area contributed by atoms with Gasteiger partial charge in [-0.2, -0.15) is 0 Å². The zero-order valence-corrected chi connectivity index (χ0v) is 31.5. The number of hydrogen-bond acceptors (Lipinski definition) is 0. The Morgan fingerprint density at radius 3 is 0.400 bits per heavy atom. The van der Waals surface area contributed by atoms with Gasteiger partial charge in [0.25, 0.3) is 0 Å². The molecule has 0 radical (unpaired) electrons. The Morgan fingerprint density at radius 1 is 0.280 bits per heavy atom. The molecular formula is C18H48As6Ni. The summed E-state index contributed by atoms with van der Waals surface area (Å²) in [5.74, 6) is 0. The minimum Gasteiger partial charge on any atom is 0 e. The standard InChI is InChI=1S/3C6H16As2.Ni/c3*1-7(2)5-6-8(3)4;/h3*5-6H2,1-4H3;. The smallest absolute Gasteiger partial charge is 0 e. The van der Waals surface area contributed by atoms with Crippen LogP contribution in [0.4, 0.5) is 0 Å². The van der Waals surface area contributed by atoms with E-state index in [0.717, 1.165) is 0 Å². The van der Waals surface area contributed by atoms with Crippen LogP contribution in [-0.4, -0.2) is 87.9 Å². The molecule has 0 aliphatic heterocycles. The van der Waals surface area contributed by atoms with Gasteiger partial charge in [-0.1, -0.05) is 0 Å². The summed E-state index contributed by atoms with van der Waals surface area (Å²) in [5.41, 5.74) is 29.4. The molecule has 160 valence electrons. The molecule has 0 rings (SSSR count). The van der Waals surface area contributed by atoms with Gasteiger partial charge in [-0.3, -0.25) is 0 Å². The molecule has 0 unspecified atom stereocenters. The van der Waals surface area contributed by atoms with E-state index in [-0.39, 0.29) is 104 Å². The van der Waals surface area contributed by atoms with Crippen molar-refractivity contribution < 1.29 is 16.5 Å². The molecule has 0 saturated carbocycles. The zero-order chi connectivity index (χ0) is 19.7. The molecule has 0 N–H and O–H groups in total. The van der Waals surface area contributed by atoms with Gasteiger partial charge < -0.3 is 0 Å². The fraction of sp³-hybridized carbons (Fsp3) is 1.00. The van der Waals surface area contributed by atoms with Crippen molar-refractivity contribution in [2.75, 3.05) is 0 Å². The number of hydrogen-bond donors (Lipinski definition) is 0. The van der Waals surface area contributed by atoms with E-state index in [0.29, 0.717) is 0 Å². The van der Waals surface area contributed by atoms with Crippen molar-refractivity contribution in [3.63, 3.8) is 0 Å². The fourth-order valence-corrected chi connectivity index (χ4v) is 32.4. The van der Waals surface area contributed by atoms with Crippen LogP contribution >= 0.6 is 0 Å². The van der Waals surface area contributed by atoms with Gasteiger partial charge in [0.15, 0.2) is 0 Å². The molecule has 7 heteroatoms. The molecule has 0 nitrogen and oxygen atoms in total. The molecule has 0 heterocycles. The molecule has 0 saturated heterocycles. The van der Waals surface area contributed by atoms with Gasteiger partial charge in [0.1, 0.15) is 0 Å². The summed E-state index contributed by atoms with van der Waals surface area (Å²) in [5, 5.41) is 9.58. The normalized spacial score (nSPS) is 10.8. The molecule has 0 atom stereocenters. The summed E-state index contributed by atoms with van der Waals surface area (Å²) >= 11 is -1.48. The van der Waals surface area contributed by atoms with E-state index >= 15 is 0 Å². The second kappa shape index (κ2) is 25.9. The second-order valence-corrected chi connectivity index (χ2v) is 40.6. The van der Waals surface area contributed by atoms with Crippen LogP contribution in [0, 0.1) is 0 Å². The van der Waals surface area contributed by atoms with E-state index in [1.165, 1.54) is 0 Å². The van der Waals surface area contributed by atoms with Crippen LogP contribution in [0.3, 0.4) is 0 Å². The third-order valence-corrected chi connectivity index (χ3v) is 22.0. The predicted molar refractivity (Wildman–Crippen MR) is 134 cm³/mol. The maximum absolute atomic E-state index is 2.45. The van der Waals surface area contributed by atoms with Crippen LogP contribution in [0.25, 0.3) is 0 Å². The summed E-state index contributed by atoms with van der Waals surface area (Å²) in [6.07, 6.45) is 0. The molecule has 0 aliphatic rings. The monoisotopic (exact) mass is 772 g/mol. The van der Waals surface area contributed by atoms with E-state index in [4.69, 9.17) is 0 Å². The number of rotatable bonds is 9. The Labute approximate surface area is 201 Å². The third kappa shape index (κ3) is 52.4. The van der Waals surface area contributed by atoms with Crippen LogP contribution in [0.1, 0.15) is 0 Å². The first-order chi connectivity index (χ1) is 10.9. The van der Waals surface area contributed by atoms with Gasteiger partial charge >= 0.3 is 188 Å². The van der Waals surface area contributed by atoms with Gasteiger partial charge in [-0.15, -0.1) is 0 Å². The molecular weight excluding hydrogens is 724 g/mol. The first-order valence-corrected chi connectivity index (χ1v) is 39.2. The van der Waals surface area contributed by atoms with Crippen molar-refractivity contribution >= 4 is 87.9 Å². The van der Waals surface area contributed by atoms with Crippen molar-refractivity contribution in [2.45, 2.75) is 99.8 Å². The van der Waals surface area contributed by atoms with Gasteiger partial charge in [-0.05, 0) is 0 Å². The van der Waals surface area contributed by atoms with Crippen molar-refractivity contribution in [3.05, 3.63) is 0 Å². The van der Waals surface area contributed by atoms with Crippen LogP contribution in [0.2, 0.25) is 99.8 Å². The summed E-state index contributed by atoms with van der Waals surface area (Å²) in [7, 11) is 0. The molecule has 0 aromatic rings. The third-order valence-electron chi connectivity index (χ3n) is 2.98. The largest absolute Gasteiger partial charge is 0 e. The molecule has 25 heavy (non-hydrogen) atoms. The van der Waals surface area contributed by atoms with E-state index in [1.807, 2.05) is 0 Å². The Kier molecular flexibility index (Phi) is 37.5. The topological polar surface area (TPSA) is 0 Å². The second-order valence-electron chi connectivity index (χ2n) is 7.82. The maximum Gasteiger partial charge on any atom is 0 e. The van der Waals surface area contributed by atoms with Crippen molar-refractivity contribution in [1.29, 1.82) is 0 Å².